The zero-order valence-electron chi connectivity index (χ0n) is 7.51. The van der Waals surface area contributed by atoms with Crippen molar-refractivity contribution in [3.63, 3.8) is 0 Å². The number of anilines is 1. The van der Waals surface area contributed by atoms with Gasteiger partial charge in [-0.3, -0.25) is 0 Å². The molecule has 2 nitrogen and oxygen atoms in total. The minimum Gasteiger partial charge on any atom is -0.488 e. The van der Waals surface area contributed by atoms with Crippen LogP contribution in [0.2, 0.25) is 0 Å². The average molecular weight is 289 g/mol. The van der Waals surface area contributed by atoms with Gasteiger partial charge in [0, 0.05) is 10.6 Å². The number of hydrogen-bond acceptors (Lipinski definition) is 2. The highest BCUT2D eigenvalue weighted by Crippen LogP contribution is 2.34. The van der Waals surface area contributed by atoms with E-state index in [-0.39, 0.29) is 0 Å². The third kappa shape index (κ3) is 2.07. The van der Waals surface area contributed by atoms with E-state index in [0.717, 1.165) is 11.4 Å². The molecule has 0 heterocycles. The Bertz CT molecular complexity index is 310. The molecule has 0 aromatic heterocycles. The lowest BCUT2D eigenvalue weighted by atomic mass is 10.3. The second kappa shape index (κ2) is 3.74. The topological polar surface area (TPSA) is 21.3 Å². The third-order valence-corrected chi connectivity index (χ3v) is 2.94. The lowest BCUT2D eigenvalue weighted by Gasteiger charge is -2.11. The largest absolute Gasteiger partial charge is 0.488 e. The lowest BCUT2D eigenvalue weighted by molar-refractivity contribution is 0.304. The van der Waals surface area contributed by atoms with E-state index in [1.807, 2.05) is 19.2 Å². The predicted molar refractivity (Wildman–Crippen MR) is 62.4 cm³/mol. The van der Waals surface area contributed by atoms with E-state index in [0.29, 0.717) is 6.10 Å². The maximum atomic E-state index is 5.76. The second-order valence-electron chi connectivity index (χ2n) is 3.18. The standard InChI is InChI=1S/C10H12INO/c1-12-10-8(11)3-2-4-9(10)13-7-5-6-7/h2-4,7,12H,5-6H2,1H3. The van der Waals surface area contributed by atoms with Crippen LogP contribution in [0.4, 0.5) is 5.69 Å². The van der Waals surface area contributed by atoms with Crippen molar-refractivity contribution < 1.29 is 4.74 Å². The highest BCUT2D eigenvalue weighted by molar-refractivity contribution is 14.1. The van der Waals surface area contributed by atoms with E-state index in [4.69, 9.17) is 4.74 Å². The van der Waals surface area contributed by atoms with Crippen LogP contribution in [0, 0.1) is 3.57 Å². The van der Waals surface area contributed by atoms with Gasteiger partial charge < -0.3 is 10.1 Å². The number of nitrogens with one attached hydrogen (secondary N) is 1. The highest BCUT2D eigenvalue weighted by Gasteiger charge is 2.24. The van der Waals surface area contributed by atoms with Crippen molar-refractivity contribution >= 4 is 28.3 Å². The van der Waals surface area contributed by atoms with Gasteiger partial charge in [0.25, 0.3) is 0 Å². The minimum atomic E-state index is 0.463. The Labute approximate surface area is 91.8 Å². The number of ether oxygens (including phenoxy) is 1. The molecule has 1 aliphatic rings. The molecule has 1 aromatic rings. The first-order valence-corrected chi connectivity index (χ1v) is 5.52. The summed E-state index contributed by atoms with van der Waals surface area (Å²) in [5, 5.41) is 3.16. The van der Waals surface area contributed by atoms with Crippen LogP contribution in [0.15, 0.2) is 18.2 Å². The Morgan fingerprint density at radius 3 is 2.85 bits per heavy atom. The zero-order valence-corrected chi connectivity index (χ0v) is 9.67. The van der Waals surface area contributed by atoms with Gasteiger partial charge in [-0.05, 0) is 47.6 Å². The van der Waals surface area contributed by atoms with E-state index in [2.05, 4.69) is 34.0 Å². The van der Waals surface area contributed by atoms with E-state index in [1.165, 1.54) is 16.4 Å². The van der Waals surface area contributed by atoms with Gasteiger partial charge in [-0.1, -0.05) is 6.07 Å². The molecular weight excluding hydrogens is 277 g/mol. The van der Waals surface area contributed by atoms with Gasteiger partial charge in [0.05, 0.1) is 11.8 Å². The summed E-state index contributed by atoms with van der Waals surface area (Å²) in [5.74, 6) is 0.983. The van der Waals surface area contributed by atoms with Crippen molar-refractivity contribution in [1.29, 1.82) is 0 Å². The van der Waals surface area contributed by atoms with Gasteiger partial charge in [-0.25, -0.2) is 0 Å². The molecule has 0 unspecified atom stereocenters. The molecule has 1 aromatic carbocycles. The fourth-order valence-electron chi connectivity index (χ4n) is 1.21. The fraction of sp³-hybridized carbons (Fsp3) is 0.400. The van der Waals surface area contributed by atoms with Crippen molar-refractivity contribution in [2.45, 2.75) is 18.9 Å². The van der Waals surface area contributed by atoms with Crippen LogP contribution in [0.25, 0.3) is 0 Å². The Morgan fingerprint density at radius 2 is 2.23 bits per heavy atom. The van der Waals surface area contributed by atoms with Crippen molar-refractivity contribution in [2.24, 2.45) is 0 Å². The van der Waals surface area contributed by atoms with Crippen molar-refractivity contribution in [3.8, 4) is 5.75 Å². The van der Waals surface area contributed by atoms with Crippen LogP contribution in [-0.4, -0.2) is 13.2 Å². The molecule has 1 N–H and O–H groups in total. The van der Waals surface area contributed by atoms with Gasteiger partial charge in [-0.15, -0.1) is 0 Å². The van der Waals surface area contributed by atoms with Crippen LogP contribution in [0.5, 0.6) is 5.75 Å². The smallest absolute Gasteiger partial charge is 0.143 e. The second-order valence-corrected chi connectivity index (χ2v) is 4.34. The maximum Gasteiger partial charge on any atom is 0.143 e. The number of rotatable bonds is 3. The molecule has 2 rings (SSSR count). The van der Waals surface area contributed by atoms with Gasteiger partial charge >= 0.3 is 0 Å². The Hall–Kier alpha value is -0.450. The third-order valence-electron chi connectivity index (χ3n) is 2.04. The van der Waals surface area contributed by atoms with Crippen LogP contribution >= 0.6 is 22.6 Å². The molecular formula is C10H12INO. The van der Waals surface area contributed by atoms with Gasteiger partial charge in [0.1, 0.15) is 5.75 Å². The minimum absolute atomic E-state index is 0.463. The highest BCUT2D eigenvalue weighted by atomic mass is 127. The molecule has 0 spiro atoms. The van der Waals surface area contributed by atoms with E-state index < -0.39 is 0 Å². The van der Waals surface area contributed by atoms with Gasteiger partial charge in [-0.2, -0.15) is 0 Å². The fourth-order valence-corrected chi connectivity index (χ4v) is 1.95. The summed E-state index contributed by atoms with van der Waals surface area (Å²) < 4.78 is 6.97. The zero-order chi connectivity index (χ0) is 9.26. The summed E-state index contributed by atoms with van der Waals surface area (Å²) >= 11 is 2.31. The Kier molecular flexibility index (Phi) is 2.62. The molecule has 0 aliphatic heterocycles. The Morgan fingerprint density at radius 1 is 1.46 bits per heavy atom. The van der Waals surface area contributed by atoms with Crippen LogP contribution in [0.1, 0.15) is 12.8 Å². The van der Waals surface area contributed by atoms with Crippen LogP contribution < -0.4 is 10.1 Å². The van der Waals surface area contributed by atoms with Crippen molar-refractivity contribution in [3.05, 3.63) is 21.8 Å². The molecule has 0 atom stereocenters. The molecule has 0 amide bonds. The molecule has 70 valence electrons. The summed E-state index contributed by atoms with van der Waals surface area (Å²) in [7, 11) is 1.93. The predicted octanol–water partition coefficient (Wildman–Crippen LogP) is 2.87. The Balaban J connectivity index is 2.25. The first kappa shape index (κ1) is 9.12. The van der Waals surface area contributed by atoms with E-state index in [9.17, 15) is 0 Å². The maximum absolute atomic E-state index is 5.76. The molecule has 0 saturated heterocycles. The summed E-state index contributed by atoms with van der Waals surface area (Å²) in [5.41, 5.74) is 1.11. The molecule has 0 bridgehead atoms. The molecule has 1 saturated carbocycles. The van der Waals surface area contributed by atoms with Crippen LogP contribution in [0.3, 0.4) is 0 Å². The van der Waals surface area contributed by atoms with Gasteiger partial charge in [0.15, 0.2) is 0 Å². The monoisotopic (exact) mass is 289 g/mol. The van der Waals surface area contributed by atoms with Crippen molar-refractivity contribution in [1.82, 2.24) is 0 Å². The number of halogens is 1. The first-order chi connectivity index (χ1) is 6.31. The van der Waals surface area contributed by atoms with Gasteiger partial charge in [0.2, 0.25) is 0 Å². The SMILES string of the molecule is CNc1c(I)cccc1OC1CC1. The summed E-state index contributed by atoms with van der Waals surface area (Å²) in [6, 6.07) is 6.12. The summed E-state index contributed by atoms with van der Waals surface area (Å²) in [6.07, 6.45) is 2.87. The number of para-hydroxylation sites is 1. The van der Waals surface area contributed by atoms with Crippen LogP contribution in [-0.2, 0) is 0 Å². The quantitative estimate of drug-likeness (QED) is 0.864. The normalized spacial score (nSPS) is 15.5. The molecule has 0 radical (unpaired) electrons. The lowest BCUT2D eigenvalue weighted by Crippen LogP contribution is -2.01. The molecule has 3 heteroatoms. The average Bonchev–Trinajstić information content (AvgIpc) is 2.89. The number of benzene rings is 1. The summed E-state index contributed by atoms with van der Waals surface area (Å²) in [6.45, 7) is 0. The number of hydrogen-bond donors (Lipinski definition) is 1. The molecule has 13 heavy (non-hydrogen) atoms. The van der Waals surface area contributed by atoms with Crippen molar-refractivity contribution in [2.75, 3.05) is 12.4 Å². The molecule has 1 aliphatic carbocycles. The first-order valence-electron chi connectivity index (χ1n) is 4.44. The summed E-state index contributed by atoms with van der Waals surface area (Å²) in [4.78, 5) is 0. The molecule has 1 fully saturated rings. The van der Waals surface area contributed by atoms with E-state index in [1.54, 1.807) is 0 Å². The van der Waals surface area contributed by atoms with E-state index >= 15 is 0 Å².